The lowest BCUT2D eigenvalue weighted by molar-refractivity contribution is -0.122. The van der Waals surface area contributed by atoms with Gasteiger partial charge in [0.15, 0.2) is 6.10 Å². The van der Waals surface area contributed by atoms with E-state index in [0.717, 1.165) is 20.9 Å². The number of ether oxygens (including phenoxy) is 1. The van der Waals surface area contributed by atoms with E-state index < -0.39 is 6.10 Å². The molecule has 0 fully saturated rings. The molecule has 1 N–H and O–H groups in total. The van der Waals surface area contributed by atoms with Crippen LogP contribution in [0.2, 0.25) is 0 Å². The molecule has 0 saturated heterocycles. The minimum Gasteiger partial charge on any atom is -0.481 e. The molecule has 0 aromatic heterocycles. The normalized spacial score (nSPS) is 11.9. The fourth-order valence-corrected chi connectivity index (χ4v) is 2.67. The van der Waals surface area contributed by atoms with Crippen LogP contribution in [-0.2, 0) is 4.79 Å². The number of hydrogen-bond acceptors (Lipinski definition) is 2. The highest BCUT2D eigenvalue weighted by molar-refractivity contribution is 9.10. The van der Waals surface area contributed by atoms with Gasteiger partial charge in [-0.3, -0.25) is 4.79 Å². The molecule has 0 bridgehead atoms. The summed E-state index contributed by atoms with van der Waals surface area (Å²) in [6.07, 6.45) is -0.571. The molecular formula is C19H16BrNO2. The predicted molar refractivity (Wildman–Crippen MR) is 96.8 cm³/mol. The number of rotatable bonds is 4. The van der Waals surface area contributed by atoms with Gasteiger partial charge in [-0.25, -0.2) is 0 Å². The van der Waals surface area contributed by atoms with Gasteiger partial charge in [-0.05, 0) is 54.1 Å². The molecule has 0 spiro atoms. The summed E-state index contributed by atoms with van der Waals surface area (Å²) < 4.78 is 6.67. The monoisotopic (exact) mass is 369 g/mol. The molecule has 4 heteroatoms. The van der Waals surface area contributed by atoms with Crippen molar-refractivity contribution in [2.45, 2.75) is 13.0 Å². The Bertz CT molecular complexity index is 833. The third kappa shape index (κ3) is 3.90. The number of hydrogen-bond donors (Lipinski definition) is 1. The van der Waals surface area contributed by atoms with Crippen molar-refractivity contribution in [3.63, 3.8) is 0 Å². The molecule has 3 nitrogen and oxygen atoms in total. The summed E-state index contributed by atoms with van der Waals surface area (Å²) in [7, 11) is 0. The molecule has 0 aliphatic rings. The Labute approximate surface area is 143 Å². The van der Waals surface area contributed by atoms with Gasteiger partial charge in [0, 0.05) is 10.2 Å². The van der Waals surface area contributed by atoms with Crippen LogP contribution < -0.4 is 10.1 Å². The lowest BCUT2D eigenvalue weighted by Crippen LogP contribution is -2.30. The van der Waals surface area contributed by atoms with Gasteiger partial charge in [0.1, 0.15) is 5.75 Å². The van der Waals surface area contributed by atoms with Crippen LogP contribution in [0.4, 0.5) is 5.69 Å². The molecule has 3 rings (SSSR count). The van der Waals surface area contributed by atoms with Crippen molar-refractivity contribution in [1.29, 1.82) is 0 Å². The number of halogens is 1. The van der Waals surface area contributed by atoms with E-state index in [1.807, 2.05) is 66.7 Å². The second-order valence-corrected chi connectivity index (χ2v) is 6.18. The highest BCUT2D eigenvalue weighted by Gasteiger charge is 2.14. The van der Waals surface area contributed by atoms with Crippen LogP contribution in [0, 0.1) is 0 Å². The topological polar surface area (TPSA) is 38.3 Å². The van der Waals surface area contributed by atoms with E-state index in [0.29, 0.717) is 5.75 Å². The maximum Gasteiger partial charge on any atom is 0.265 e. The summed E-state index contributed by atoms with van der Waals surface area (Å²) in [5, 5.41) is 5.08. The third-order valence-electron chi connectivity index (χ3n) is 3.50. The van der Waals surface area contributed by atoms with Crippen molar-refractivity contribution in [3.05, 3.63) is 71.2 Å². The molecule has 0 saturated carbocycles. The van der Waals surface area contributed by atoms with Crippen LogP contribution >= 0.6 is 15.9 Å². The van der Waals surface area contributed by atoms with Crippen molar-refractivity contribution in [2.24, 2.45) is 0 Å². The quantitative estimate of drug-likeness (QED) is 0.701. The average molecular weight is 370 g/mol. The molecule has 0 heterocycles. The van der Waals surface area contributed by atoms with Gasteiger partial charge in [-0.15, -0.1) is 0 Å². The molecule has 0 radical (unpaired) electrons. The van der Waals surface area contributed by atoms with E-state index in [1.165, 1.54) is 0 Å². The zero-order valence-electron chi connectivity index (χ0n) is 12.6. The Balaban J connectivity index is 1.70. The third-order valence-corrected chi connectivity index (χ3v) is 3.99. The zero-order valence-corrected chi connectivity index (χ0v) is 14.2. The van der Waals surface area contributed by atoms with Crippen molar-refractivity contribution in [1.82, 2.24) is 0 Å². The summed E-state index contributed by atoms with van der Waals surface area (Å²) in [5.74, 6) is 0.504. The van der Waals surface area contributed by atoms with Crippen LogP contribution in [0.3, 0.4) is 0 Å². The molecular weight excluding hydrogens is 354 g/mol. The van der Waals surface area contributed by atoms with Crippen LogP contribution in [0.15, 0.2) is 71.2 Å². The molecule has 3 aromatic carbocycles. The van der Waals surface area contributed by atoms with Crippen molar-refractivity contribution >= 4 is 38.3 Å². The van der Waals surface area contributed by atoms with Gasteiger partial charge in [0.25, 0.3) is 5.91 Å². The molecule has 23 heavy (non-hydrogen) atoms. The number of nitrogens with one attached hydrogen (secondary N) is 1. The number of carbonyl (C=O) groups excluding carboxylic acids is 1. The van der Waals surface area contributed by atoms with Crippen molar-refractivity contribution in [2.75, 3.05) is 5.32 Å². The summed E-state index contributed by atoms with van der Waals surface area (Å²) in [5.41, 5.74) is 0.758. The lowest BCUT2D eigenvalue weighted by atomic mass is 10.1. The lowest BCUT2D eigenvalue weighted by Gasteiger charge is -2.15. The van der Waals surface area contributed by atoms with E-state index in [9.17, 15) is 4.79 Å². The second-order valence-electron chi connectivity index (χ2n) is 5.27. The Morgan fingerprint density at radius 1 is 1.00 bits per heavy atom. The van der Waals surface area contributed by atoms with Gasteiger partial charge in [-0.1, -0.05) is 46.3 Å². The fraction of sp³-hybridized carbons (Fsp3) is 0.105. The first-order chi connectivity index (χ1) is 11.1. The van der Waals surface area contributed by atoms with Crippen molar-refractivity contribution in [3.8, 4) is 5.75 Å². The highest BCUT2D eigenvalue weighted by Crippen LogP contribution is 2.23. The van der Waals surface area contributed by atoms with Crippen LogP contribution in [0.5, 0.6) is 5.75 Å². The molecule has 3 aromatic rings. The minimum atomic E-state index is -0.571. The van der Waals surface area contributed by atoms with Gasteiger partial charge in [0.05, 0.1) is 0 Å². The SMILES string of the molecule is CC(Oc1ccccc1)C(=O)Nc1ccc2cc(Br)ccc2c1. The number of carbonyl (C=O) groups is 1. The molecule has 1 unspecified atom stereocenters. The number of anilines is 1. The van der Waals surface area contributed by atoms with Gasteiger partial charge in [0.2, 0.25) is 0 Å². The van der Waals surface area contributed by atoms with E-state index in [2.05, 4.69) is 21.2 Å². The molecule has 116 valence electrons. The minimum absolute atomic E-state index is 0.176. The second kappa shape index (κ2) is 6.84. The highest BCUT2D eigenvalue weighted by atomic mass is 79.9. The largest absolute Gasteiger partial charge is 0.481 e. The first-order valence-corrected chi connectivity index (χ1v) is 8.13. The van der Waals surface area contributed by atoms with E-state index in [4.69, 9.17) is 4.74 Å². The summed E-state index contributed by atoms with van der Waals surface area (Å²) in [6.45, 7) is 1.74. The molecule has 1 atom stereocenters. The van der Waals surface area contributed by atoms with Gasteiger partial charge in [-0.2, -0.15) is 0 Å². The Hall–Kier alpha value is -2.33. The predicted octanol–water partition coefficient (Wildman–Crippen LogP) is 5.01. The van der Waals surface area contributed by atoms with E-state index in [1.54, 1.807) is 6.92 Å². The zero-order chi connectivity index (χ0) is 16.2. The Morgan fingerprint density at radius 3 is 2.48 bits per heavy atom. The standard InChI is InChI=1S/C19H16BrNO2/c1-13(23-18-5-3-2-4-6-18)19(22)21-17-10-8-14-11-16(20)9-7-15(14)12-17/h2-13H,1H3,(H,21,22). The van der Waals surface area contributed by atoms with Gasteiger partial charge >= 0.3 is 0 Å². The van der Waals surface area contributed by atoms with E-state index in [-0.39, 0.29) is 5.91 Å². The smallest absolute Gasteiger partial charge is 0.265 e. The van der Waals surface area contributed by atoms with Crippen LogP contribution in [0.25, 0.3) is 10.8 Å². The molecule has 0 aliphatic heterocycles. The number of amides is 1. The van der Waals surface area contributed by atoms with Crippen LogP contribution in [-0.4, -0.2) is 12.0 Å². The summed E-state index contributed by atoms with van der Waals surface area (Å²) in [6, 6.07) is 21.2. The number of para-hydroxylation sites is 1. The maximum absolute atomic E-state index is 12.3. The van der Waals surface area contributed by atoms with E-state index >= 15 is 0 Å². The number of benzene rings is 3. The first-order valence-electron chi connectivity index (χ1n) is 7.34. The Morgan fingerprint density at radius 2 is 1.70 bits per heavy atom. The summed E-state index contributed by atoms with van der Waals surface area (Å²) >= 11 is 3.46. The molecule has 1 amide bonds. The maximum atomic E-state index is 12.3. The summed E-state index contributed by atoms with van der Waals surface area (Å²) in [4.78, 5) is 12.3. The van der Waals surface area contributed by atoms with Crippen molar-refractivity contribution < 1.29 is 9.53 Å². The first kappa shape index (κ1) is 15.6. The van der Waals surface area contributed by atoms with Gasteiger partial charge < -0.3 is 10.1 Å². The molecule has 0 aliphatic carbocycles. The Kier molecular flexibility index (Phi) is 4.63. The fourth-order valence-electron chi connectivity index (χ4n) is 2.29. The van der Waals surface area contributed by atoms with Crippen LogP contribution in [0.1, 0.15) is 6.92 Å². The average Bonchev–Trinajstić information content (AvgIpc) is 2.56. The number of fused-ring (bicyclic) bond motifs is 1.